The summed E-state index contributed by atoms with van der Waals surface area (Å²) in [6.07, 6.45) is 0. The quantitative estimate of drug-likeness (QED) is 0.551. The van der Waals surface area contributed by atoms with Crippen LogP contribution in [-0.4, -0.2) is 67.2 Å². The van der Waals surface area contributed by atoms with Crippen LogP contribution in [0.5, 0.6) is 5.75 Å². The standard InChI is InChI=1S/C25H31N5O3/c1-29-24(15-22(28-29)19-9-11-20(33-3)12-10-19)27-25(31)26-23-17-30(13-14-32-2)16-21(23)18-7-5-4-6-8-18/h4-12,15,21,23H,13-14,16-17H2,1-3H3,(H2,26,27,31)/t21-,23+/m0/s1. The summed E-state index contributed by atoms with van der Waals surface area (Å²) >= 11 is 0. The van der Waals surface area contributed by atoms with Gasteiger partial charge in [-0.1, -0.05) is 30.3 Å². The summed E-state index contributed by atoms with van der Waals surface area (Å²) in [4.78, 5) is 15.3. The average molecular weight is 450 g/mol. The number of carbonyl (C=O) groups excluding carboxylic acids is 1. The summed E-state index contributed by atoms with van der Waals surface area (Å²) in [7, 11) is 5.17. The van der Waals surface area contributed by atoms with Crippen molar-refractivity contribution in [2.45, 2.75) is 12.0 Å². The highest BCUT2D eigenvalue weighted by Crippen LogP contribution is 2.28. The van der Waals surface area contributed by atoms with Crippen LogP contribution >= 0.6 is 0 Å². The third-order valence-corrected chi connectivity index (χ3v) is 6.06. The van der Waals surface area contributed by atoms with Gasteiger partial charge in [0.05, 0.1) is 25.5 Å². The first-order valence-corrected chi connectivity index (χ1v) is 11.1. The minimum absolute atomic E-state index is 0.00135. The third-order valence-electron chi connectivity index (χ3n) is 6.06. The van der Waals surface area contributed by atoms with Gasteiger partial charge in [0.2, 0.25) is 0 Å². The maximum Gasteiger partial charge on any atom is 0.320 e. The highest BCUT2D eigenvalue weighted by atomic mass is 16.5. The van der Waals surface area contributed by atoms with Gasteiger partial charge in [-0.15, -0.1) is 0 Å². The van der Waals surface area contributed by atoms with Gasteiger partial charge in [-0.05, 0) is 29.8 Å². The molecule has 2 N–H and O–H groups in total. The van der Waals surface area contributed by atoms with Gasteiger partial charge in [0.15, 0.2) is 0 Å². The number of anilines is 1. The Balaban J connectivity index is 1.44. The molecular formula is C25H31N5O3. The number of aryl methyl sites for hydroxylation is 1. The third kappa shape index (κ3) is 5.53. The Hall–Kier alpha value is -3.36. The fourth-order valence-corrected chi connectivity index (χ4v) is 4.28. The number of likely N-dealkylation sites (tertiary alicyclic amines) is 1. The molecule has 2 atom stereocenters. The van der Waals surface area contributed by atoms with Crippen molar-refractivity contribution in [3.8, 4) is 17.0 Å². The van der Waals surface area contributed by atoms with Crippen LogP contribution < -0.4 is 15.4 Å². The lowest BCUT2D eigenvalue weighted by molar-refractivity contribution is 0.159. The maximum absolute atomic E-state index is 12.9. The Labute approximate surface area is 194 Å². The SMILES string of the molecule is COCCN1C[C@@H](NC(=O)Nc2cc(-c3ccc(OC)cc3)nn2C)[C@H](c2ccccc2)C1. The highest BCUT2D eigenvalue weighted by Gasteiger charge is 2.34. The Morgan fingerprint density at radius 3 is 2.55 bits per heavy atom. The molecule has 0 radical (unpaired) electrons. The van der Waals surface area contributed by atoms with Crippen molar-refractivity contribution in [2.75, 3.05) is 45.8 Å². The monoisotopic (exact) mass is 449 g/mol. The molecule has 1 saturated heterocycles. The highest BCUT2D eigenvalue weighted by molar-refractivity contribution is 5.89. The first kappa shape index (κ1) is 22.8. The molecule has 0 saturated carbocycles. The zero-order chi connectivity index (χ0) is 23.2. The van der Waals surface area contributed by atoms with Gasteiger partial charge in [0, 0.05) is 51.3 Å². The maximum atomic E-state index is 12.9. The summed E-state index contributed by atoms with van der Waals surface area (Å²) < 4.78 is 12.1. The van der Waals surface area contributed by atoms with E-state index in [4.69, 9.17) is 9.47 Å². The second-order valence-electron chi connectivity index (χ2n) is 8.24. The van der Waals surface area contributed by atoms with Crippen molar-refractivity contribution in [3.05, 3.63) is 66.2 Å². The largest absolute Gasteiger partial charge is 0.497 e. The lowest BCUT2D eigenvalue weighted by Crippen LogP contribution is -2.42. The summed E-state index contributed by atoms with van der Waals surface area (Å²) in [5.74, 6) is 1.63. The van der Waals surface area contributed by atoms with E-state index < -0.39 is 0 Å². The molecule has 0 bridgehead atoms. The van der Waals surface area contributed by atoms with E-state index in [-0.39, 0.29) is 18.0 Å². The summed E-state index contributed by atoms with van der Waals surface area (Å²) in [5, 5.41) is 10.7. The number of ether oxygens (including phenoxy) is 2. The van der Waals surface area contributed by atoms with Crippen LogP contribution in [0.2, 0.25) is 0 Å². The van der Waals surface area contributed by atoms with Crippen LogP contribution in [0.1, 0.15) is 11.5 Å². The molecule has 1 aromatic heterocycles. The molecule has 1 aliphatic heterocycles. The number of urea groups is 1. The minimum Gasteiger partial charge on any atom is -0.497 e. The van der Waals surface area contributed by atoms with Gasteiger partial charge in [-0.25, -0.2) is 4.79 Å². The molecule has 8 nitrogen and oxygen atoms in total. The predicted octanol–water partition coefficient (Wildman–Crippen LogP) is 3.33. The Morgan fingerprint density at radius 1 is 1.09 bits per heavy atom. The van der Waals surface area contributed by atoms with E-state index in [0.29, 0.717) is 12.4 Å². The lowest BCUT2D eigenvalue weighted by Gasteiger charge is -2.20. The zero-order valence-electron chi connectivity index (χ0n) is 19.3. The second kappa shape index (κ2) is 10.5. The number of aromatic nitrogens is 2. The number of nitrogens with one attached hydrogen (secondary N) is 2. The normalized spacial score (nSPS) is 18.3. The number of hydrogen-bond acceptors (Lipinski definition) is 5. The lowest BCUT2D eigenvalue weighted by atomic mass is 9.94. The summed E-state index contributed by atoms with van der Waals surface area (Å²) in [6, 6.07) is 19.7. The van der Waals surface area contributed by atoms with Gasteiger partial charge in [-0.3, -0.25) is 14.9 Å². The van der Waals surface area contributed by atoms with Crippen molar-refractivity contribution in [1.29, 1.82) is 0 Å². The van der Waals surface area contributed by atoms with E-state index in [1.54, 1.807) is 18.9 Å². The predicted molar refractivity (Wildman–Crippen MR) is 129 cm³/mol. The molecule has 0 unspecified atom stereocenters. The fraction of sp³-hybridized carbons (Fsp3) is 0.360. The van der Waals surface area contributed by atoms with Crippen LogP contribution in [0.25, 0.3) is 11.3 Å². The average Bonchev–Trinajstić information content (AvgIpc) is 3.41. The van der Waals surface area contributed by atoms with Gasteiger partial charge in [-0.2, -0.15) is 5.10 Å². The van der Waals surface area contributed by atoms with E-state index >= 15 is 0 Å². The molecular weight excluding hydrogens is 418 g/mol. The number of rotatable bonds is 8. The van der Waals surface area contributed by atoms with E-state index in [9.17, 15) is 4.79 Å². The molecule has 3 aromatic rings. The molecule has 1 aliphatic rings. The van der Waals surface area contributed by atoms with E-state index in [2.05, 4.69) is 32.8 Å². The zero-order valence-corrected chi connectivity index (χ0v) is 19.3. The Kier molecular flexibility index (Phi) is 7.26. The first-order chi connectivity index (χ1) is 16.1. The van der Waals surface area contributed by atoms with E-state index in [1.165, 1.54) is 5.56 Å². The van der Waals surface area contributed by atoms with Crippen molar-refractivity contribution in [1.82, 2.24) is 20.0 Å². The molecule has 174 valence electrons. The number of nitrogens with zero attached hydrogens (tertiary/aromatic N) is 3. The number of amides is 2. The first-order valence-electron chi connectivity index (χ1n) is 11.1. The molecule has 2 aromatic carbocycles. The van der Waals surface area contributed by atoms with Crippen molar-refractivity contribution < 1.29 is 14.3 Å². The number of carbonyl (C=O) groups is 1. The number of benzene rings is 2. The van der Waals surface area contributed by atoms with Gasteiger partial charge in [0.1, 0.15) is 11.6 Å². The molecule has 1 fully saturated rings. The fourth-order valence-electron chi connectivity index (χ4n) is 4.28. The number of hydrogen-bond donors (Lipinski definition) is 2. The summed E-state index contributed by atoms with van der Waals surface area (Å²) in [5.41, 5.74) is 2.96. The second-order valence-corrected chi connectivity index (χ2v) is 8.24. The minimum atomic E-state index is -0.237. The topological polar surface area (TPSA) is 80.7 Å². The van der Waals surface area contributed by atoms with Crippen LogP contribution in [-0.2, 0) is 11.8 Å². The van der Waals surface area contributed by atoms with Crippen LogP contribution in [0.4, 0.5) is 10.6 Å². The molecule has 0 aliphatic carbocycles. The van der Waals surface area contributed by atoms with Gasteiger partial charge in [0.25, 0.3) is 0 Å². The van der Waals surface area contributed by atoms with Crippen molar-refractivity contribution in [2.24, 2.45) is 7.05 Å². The smallest absolute Gasteiger partial charge is 0.320 e. The van der Waals surface area contributed by atoms with Gasteiger partial charge < -0.3 is 14.8 Å². The van der Waals surface area contributed by atoms with E-state index in [1.807, 2.05) is 55.6 Å². The molecule has 4 rings (SSSR count). The molecule has 2 amide bonds. The molecule has 2 heterocycles. The van der Waals surface area contributed by atoms with Crippen LogP contribution in [0.3, 0.4) is 0 Å². The summed E-state index contributed by atoms with van der Waals surface area (Å²) in [6.45, 7) is 3.17. The van der Waals surface area contributed by atoms with E-state index in [0.717, 1.165) is 36.6 Å². The van der Waals surface area contributed by atoms with Crippen molar-refractivity contribution >= 4 is 11.8 Å². The molecule has 8 heteroatoms. The number of methoxy groups -OCH3 is 2. The van der Waals surface area contributed by atoms with Crippen molar-refractivity contribution in [3.63, 3.8) is 0 Å². The van der Waals surface area contributed by atoms with Gasteiger partial charge >= 0.3 is 6.03 Å². The Bertz CT molecular complexity index is 1050. The van der Waals surface area contributed by atoms with Crippen LogP contribution in [0, 0.1) is 0 Å². The van der Waals surface area contributed by atoms with Crippen LogP contribution in [0.15, 0.2) is 60.7 Å². The Morgan fingerprint density at radius 2 is 1.85 bits per heavy atom. The molecule has 33 heavy (non-hydrogen) atoms. The molecule has 0 spiro atoms.